The van der Waals surface area contributed by atoms with Crippen LogP contribution in [0.4, 0.5) is 0 Å². The normalized spacial score (nSPS) is 21.8. The van der Waals surface area contributed by atoms with Crippen molar-refractivity contribution in [2.24, 2.45) is 0 Å². The van der Waals surface area contributed by atoms with Crippen LogP contribution in [-0.2, 0) is 9.59 Å². The minimum Gasteiger partial charge on any atom is -0.300 e. The zero-order valence-corrected chi connectivity index (χ0v) is 11.5. The first-order chi connectivity index (χ1) is 7.78. The molecule has 0 saturated carbocycles. The molecule has 1 aliphatic rings. The molecule has 1 N–H and O–H groups in total. The number of amides is 2. The monoisotopic (exact) mass is 240 g/mol. The lowest BCUT2D eigenvalue weighted by Gasteiger charge is -2.29. The number of hydrogen-bond acceptors (Lipinski definition) is 3. The molecule has 2 amide bonds. The summed E-state index contributed by atoms with van der Waals surface area (Å²) in [6, 6.07) is -0.387. The van der Waals surface area contributed by atoms with Gasteiger partial charge in [-0.15, -0.1) is 0 Å². The van der Waals surface area contributed by atoms with Crippen LogP contribution in [0.3, 0.4) is 0 Å². The minimum atomic E-state index is -0.341. The SMILES string of the molecule is CCCC(C)(C)NC1CC(=O)N(C(C)C)C1=O. The highest BCUT2D eigenvalue weighted by molar-refractivity contribution is 6.05. The lowest BCUT2D eigenvalue weighted by Crippen LogP contribution is -2.50. The van der Waals surface area contributed by atoms with Crippen LogP contribution >= 0.6 is 0 Å². The molecule has 4 nitrogen and oxygen atoms in total. The van der Waals surface area contributed by atoms with Crippen molar-refractivity contribution in [2.75, 3.05) is 0 Å². The van der Waals surface area contributed by atoms with E-state index in [1.54, 1.807) is 0 Å². The lowest BCUT2D eigenvalue weighted by atomic mass is 9.97. The summed E-state index contributed by atoms with van der Waals surface area (Å²) >= 11 is 0. The Morgan fingerprint density at radius 2 is 2.00 bits per heavy atom. The van der Waals surface area contributed by atoms with E-state index in [9.17, 15) is 9.59 Å². The van der Waals surface area contributed by atoms with E-state index in [1.165, 1.54) is 4.90 Å². The third-order valence-electron chi connectivity index (χ3n) is 3.14. The Balaban J connectivity index is 2.70. The molecular formula is C13H24N2O2. The fourth-order valence-corrected chi connectivity index (χ4v) is 2.48. The Morgan fingerprint density at radius 3 is 2.41 bits per heavy atom. The van der Waals surface area contributed by atoms with Crippen molar-refractivity contribution in [3.8, 4) is 0 Å². The molecule has 1 heterocycles. The first-order valence-corrected chi connectivity index (χ1v) is 6.42. The second-order valence-electron chi connectivity index (χ2n) is 5.73. The van der Waals surface area contributed by atoms with Crippen molar-refractivity contribution in [3.63, 3.8) is 0 Å². The molecule has 1 saturated heterocycles. The molecule has 1 aliphatic heterocycles. The summed E-state index contributed by atoms with van der Waals surface area (Å²) in [7, 11) is 0. The van der Waals surface area contributed by atoms with Crippen molar-refractivity contribution >= 4 is 11.8 Å². The van der Waals surface area contributed by atoms with Gasteiger partial charge in [0.05, 0.1) is 12.5 Å². The minimum absolute atomic E-state index is 0.0453. The fourth-order valence-electron chi connectivity index (χ4n) is 2.48. The maximum Gasteiger partial charge on any atom is 0.247 e. The van der Waals surface area contributed by atoms with Gasteiger partial charge in [0, 0.05) is 11.6 Å². The Kier molecular flexibility index (Phi) is 4.31. The van der Waals surface area contributed by atoms with E-state index < -0.39 is 0 Å². The molecular weight excluding hydrogens is 216 g/mol. The maximum absolute atomic E-state index is 12.1. The van der Waals surface area contributed by atoms with Crippen LogP contribution in [0.1, 0.15) is 53.9 Å². The predicted octanol–water partition coefficient (Wildman–Crippen LogP) is 1.69. The molecule has 0 aromatic carbocycles. The van der Waals surface area contributed by atoms with Crippen molar-refractivity contribution in [2.45, 2.75) is 71.5 Å². The van der Waals surface area contributed by atoms with Crippen LogP contribution in [0.2, 0.25) is 0 Å². The van der Waals surface area contributed by atoms with E-state index in [4.69, 9.17) is 0 Å². The van der Waals surface area contributed by atoms with E-state index in [1.807, 2.05) is 13.8 Å². The van der Waals surface area contributed by atoms with Crippen molar-refractivity contribution in [1.82, 2.24) is 10.2 Å². The Morgan fingerprint density at radius 1 is 1.41 bits per heavy atom. The molecule has 1 rings (SSSR count). The van der Waals surface area contributed by atoms with Gasteiger partial charge in [-0.2, -0.15) is 0 Å². The molecule has 0 aromatic rings. The summed E-state index contributed by atoms with van der Waals surface area (Å²) in [6.07, 6.45) is 2.35. The van der Waals surface area contributed by atoms with Gasteiger partial charge in [0.15, 0.2) is 0 Å². The summed E-state index contributed by atoms with van der Waals surface area (Å²) in [4.78, 5) is 25.2. The highest BCUT2D eigenvalue weighted by Gasteiger charge is 2.41. The molecule has 0 aliphatic carbocycles. The zero-order valence-electron chi connectivity index (χ0n) is 11.5. The number of carbonyl (C=O) groups excluding carboxylic acids is 2. The molecule has 4 heteroatoms. The largest absolute Gasteiger partial charge is 0.300 e. The summed E-state index contributed by atoms with van der Waals surface area (Å²) in [5.74, 6) is -0.135. The van der Waals surface area contributed by atoms with E-state index in [2.05, 4.69) is 26.1 Å². The van der Waals surface area contributed by atoms with Crippen LogP contribution < -0.4 is 5.32 Å². The number of hydrogen-bond donors (Lipinski definition) is 1. The average molecular weight is 240 g/mol. The third kappa shape index (κ3) is 3.28. The smallest absolute Gasteiger partial charge is 0.247 e. The van der Waals surface area contributed by atoms with Crippen molar-refractivity contribution < 1.29 is 9.59 Å². The summed E-state index contributed by atoms with van der Waals surface area (Å²) in [6.45, 7) is 10.0. The molecule has 0 bridgehead atoms. The molecule has 17 heavy (non-hydrogen) atoms. The van der Waals surface area contributed by atoms with Gasteiger partial charge in [0.25, 0.3) is 0 Å². The fraction of sp³-hybridized carbons (Fsp3) is 0.846. The van der Waals surface area contributed by atoms with E-state index in [0.29, 0.717) is 6.42 Å². The van der Waals surface area contributed by atoms with Gasteiger partial charge in [0.1, 0.15) is 0 Å². The summed E-state index contributed by atoms with van der Waals surface area (Å²) < 4.78 is 0. The highest BCUT2D eigenvalue weighted by atomic mass is 16.2. The number of imide groups is 1. The van der Waals surface area contributed by atoms with Crippen LogP contribution in [0.25, 0.3) is 0 Å². The van der Waals surface area contributed by atoms with Gasteiger partial charge in [-0.05, 0) is 34.1 Å². The zero-order chi connectivity index (χ0) is 13.2. The molecule has 0 spiro atoms. The Labute approximate surface area is 104 Å². The summed E-state index contributed by atoms with van der Waals surface area (Å²) in [5.41, 5.74) is -0.0949. The van der Waals surface area contributed by atoms with Gasteiger partial charge >= 0.3 is 0 Å². The second kappa shape index (κ2) is 5.17. The van der Waals surface area contributed by atoms with Gasteiger partial charge in [0.2, 0.25) is 11.8 Å². The van der Waals surface area contributed by atoms with E-state index >= 15 is 0 Å². The molecule has 1 unspecified atom stereocenters. The van der Waals surface area contributed by atoms with Crippen molar-refractivity contribution in [3.05, 3.63) is 0 Å². The molecule has 0 radical (unpaired) electrons. The lowest BCUT2D eigenvalue weighted by molar-refractivity contribution is -0.140. The number of nitrogens with one attached hydrogen (secondary N) is 1. The molecule has 1 atom stereocenters. The van der Waals surface area contributed by atoms with Crippen LogP contribution in [0.5, 0.6) is 0 Å². The highest BCUT2D eigenvalue weighted by Crippen LogP contribution is 2.20. The van der Waals surface area contributed by atoms with Crippen LogP contribution in [-0.4, -0.2) is 34.3 Å². The number of rotatable bonds is 5. The van der Waals surface area contributed by atoms with Crippen LogP contribution in [0, 0.1) is 0 Å². The van der Waals surface area contributed by atoms with Gasteiger partial charge < -0.3 is 5.32 Å². The average Bonchev–Trinajstić information content (AvgIpc) is 2.40. The Bertz CT molecular complexity index is 311. The predicted molar refractivity (Wildman–Crippen MR) is 67.5 cm³/mol. The third-order valence-corrected chi connectivity index (χ3v) is 3.14. The first kappa shape index (κ1) is 14.2. The van der Waals surface area contributed by atoms with E-state index in [0.717, 1.165) is 12.8 Å². The van der Waals surface area contributed by atoms with E-state index in [-0.39, 0.29) is 29.4 Å². The summed E-state index contributed by atoms with van der Waals surface area (Å²) in [5, 5.41) is 3.31. The van der Waals surface area contributed by atoms with Gasteiger partial charge in [-0.25, -0.2) is 0 Å². The van der Waals surface area contributed by atoms with Crippen molar-refractivity contribution in [1.29, 1.82) is 0 Å². The van der Waals surface area contributed by atoms with Crippen LogP contribution in [0.15, 0.2) is 0 Å². The molecule has 0 aromatic heterocycles. The first-order valence-electron chi connectivity index (χ1n) is 6.42. The number of likely N-dealkylation sites (tertiary alicyclic amines) is 1. The molecule has 1 fully saturated rings. The maximum atomic E-state index is 12.1. The van der Waals surface area contributed by atoms with Gasteiger partial charge in [-0.3, -0.25) is 14.5 Å². The standard InChI is InChI=1S/C13H24N2O2/c1-6-7-13(4,5)14-10-8-11(16)15(9(2)3)12(10)17/h9-10,14H,6-8H2,1-5H3. The number of carbonyl (C=O) groups is 2. The number of nitrogens with zero attached hydrogens (tertiary/aromatic N) is 1. The molecule has 98 valence electrons. The quantitative estimate of drug-likeness (QED) is 0.744. The Hall–Kier alpha value is -0.900. The topological polar surface area (TPSA) is 49.4 Å². The van der Waals surface area contributed by atoms with Gasteiger partial charge in [-0.1, -0.05) is 13.3 Å². The second-order valence-corrected chi connectivity index (χ2v) is 5.73.